The SMILES string of the molecule is CC[n+]1c2c(=O)n(C)c(=O)nc-2n([C@@H]2CCCC[C@@H]2n2c3nc(=O)n(C)c(=O)c-3[n+](CC)c3ccccc32)c2ccccc21. The zero-order chi connectivity index (χ0) is 30.9. The summed E-state index contributed by atoms with van der Waals surface area (Å²) in [5.74, 6) is 0.662. The molecule has 1 saturated carbocycles. The largest absolute Gasteiger partial charge is 0.352 e. The van der Waals surface area contributed by atoms with E-state index in [9.17, 15) is 19.2 Å². The molecule has 224 valence electrons. The van der Waals surface area contributed by atoms with Gasteiger partial charge in [-0.25, -0.2) is 9.59 Å². The first-order chi connectivity index (χ1) is 21.3. The number of hydrogen-bond donors (Lipinski definition) is 0. The molecule has 12 heteroatoms. The van der Waals surface area contributed by atoms with Crippen molar-refractivity contribution < 1.29 is 9.13 Å². The highest BCUT2D eigenvalue weighted by Crippen LogP contribution is 2.43. The molecule has 5 aliphatic rings. The molecule has 2 aromatic rings. The van der Waals surface area contributed by atoms with E-state index >= 15 is 0 Å². The molecular weight excluding hydrogens is 560 g/mol. The second-order valence-corrected chi connectivity index (χ2v) is 11.5. The second kappa shape index (κ2) is 10.3. The monoisotopic (exact) mass is 594 g/mol. The molecule has 2 aromatic carbocycles. The quantitative estimate of drug-likeness (QED) is 0.226. The second-order valence-electron chi connectivity index (χ2n) is 11.5. The molecule has 1 aliphatic carbocycles. The summed E-state index contributed by atoms with van der Waals surface area (Å²) in [4.78, 5) is 62.5. The van der Waals surface area contributed by atoms with Gasteiger partial charge in [-0.3, -0.25) is 18.7 Å². The summed E-state index contributed by atoms with van der Waals surface area (Å²) in [6.07, 6.45) is 3.30. The van der Waals surface area contributed by atoms with Crippen molar-refractivity contribution in [3.05, 3.63) is 90.2 Å². The minimum atomic E-state index is -0.616. The number of aromatic nitrogens is 8. The van der Waals surface area contributed by atoms with Crippen LogP contribution in [0.2, 0.25) is 0 Å². The molecule has 0 spiro atoms. The average molecular weight is 595 g/mol. The van der Waals surface area contributed by atoms with Crippen LogP contribution in [0.15, 0.2) is 67.7 Å². The lowest BCUT2D eigenvalue weighted by molar-refractivity contribution is -0.658. The van der Waals surface area contributed by atoms with E-state index in [4.69, 9.17) is 0 Å². The molecule has 7 rings (SSSR count). The Labute approximate surface area is 251 Å². The number of fused-ring (bicyclic) bond motifs is 4. The van der Waals surface area contributed by atoms with Crippen LogP contribution in [0.4, 0.5) is 0 Å². The number of aryl methyl sites for hydroxylation is 2. The fourth-order valence-corrected chi connectivity index (χ4v) is 7.21. The van der Waals surface area contributed by atoms with Gasteiger partial charge in [-0.1, -0.05) is 37.1 Å². The van der Waals surface area contributed by atoms with E-state index in [0.717, 1.165) is 56.9 Å². The average Bonchev–Trinajstić information content (AvgIpc) is 3.04. The maximum atomic E-state index is 13.7. The van der Waals surface area contributed by atoms with Crippen LogP contribution in [0, 0.1) is 0 Å². The summed E-state index contributed by atoms with van der Waals surface area (Å²) in [6.45, 7) is 4.97. The summed E-state index contributed by atoms with van der Waals surface area (Å²) in [5, 5.41) is 0. The lowest BCUT2D eigenvalue weighted by Crippen LogP contribution is -2.50. The van der Waals surface area contributed by atoms with Crippen LogP contribution in [-0.2, 0) is 27.2 Å². The molecule has 44 heavy (non-hydrogen) atoms. The van der Waals surface area contributed by atoms with Crippen molar-refractivity contribution in [2.24, 2.45) is 14.1 Å². The molecule has 12 nitrogen and oxygen atoms in total. The Hall–Kier alpha value is -5.00. The Morgan fingerprint density at radius 2 is 1.05 bits per heavy atom. The minimum absolute atomic E-state index is 0.267. The standard InChI is InChI=1S/C32H34N8O4/c1-5-37-19-13-7-9-15-21(19)39(27-25(37)29(41)35(3)31(43)33-27)23-17-11-12-18-24(23)40-22-16-10-8-14-20(22)38(6-2)26-28(40)34-32(44)36(4)30(26)42/h7-10,13-16,23-24H,5-6,11-12,17-18H2,1-4H3/q+2/t23-,24+. The summed E-state index contributed by atoms with van der Waals surface area (Å²) in [5.41, 5.74) is 2.10. The van der Waals surface area contributed by atoms with Crippen molar-refractivity contribution in [1.82, 2.24) is 28.2 Å². The van der Waals surface area contributed by atoms with E-state index < -0.39 is 22.5 Å². The Morgan fingerprint density at radius 3 is 1.43 bits per heavy atom. The molecule has 0 N–H and O–H groups in total. The fraction of sp³-hybridized carbons (Fsp3) is 0.375. The highest BCUT2D eigenvalue weighted by Gasteiger charge is 2.40. The van der Waals surface area contributed by atoms with E-state index in [0.29, 0.717) is 36.1 Å². The molecule has 0 unspecified atom stereocenters. The third kappa shape index (κ3) is 3.82. The molecule has 4 heterocycles. The van der Waals surface area contributed by atoms with Crippen molar-refractivity contribution in [3.63, 3.8) is 0 Å². The number of para-hydroxylation sites is 4. The Kier molecular flexibility index (Phi) is 6.52. The van der Waals surface area contributed by atoms with Crippen molar-refractivity contribution in [2.45, 2.75) is 64.7 Å². The minimum Gasteiger partial charge on any atom is -0.310 e. The third-order valence-electron chi connectivity index (χ3n) is 9.26. The van der Waals surface area contributed by atoms with Gasteiger partial charge in [0.15, 0.2) is 0 Å². The van der Waals surface area contributed by atoms with Gasteiger partial charge in [0.2, 0.25) is 22.7 Å². The maximum absolute atomic E-state index is 13.7. The van der Waals surface area contributed by atoms with Gasteiger partial charge in [-0.15, -0.1) is 0 Å². The Balaban J connectivity index is 1.64. The molecular formula is C32H34N8O4+2. The molecule has 0 aromatic heterocycles. The van der Waals surface area contributed by atoms with Crippen LogP contribution < -0.4 is 31.6 Å². The normalized spacial score (nSPS) is 17.3. The van der Waals surface area contributed by atoms with E-state index in [1.165, 1.54) is 14.1 Å². The van der Waals surface area contributed by atoms with E-state index in [1.54, 1.807) is 0 Å². The summed E-state index contributed by atoms with van der Waals surface area (Å²) in [7, 11) is 2.90. The smallest absolute Gasteiger partial charge is 0.310 e. The van der Waals surface area contributed by atoms with Crippen molar-refractivity contribution in [3.8, 4) is 23.0 Å². The predicted octanol–water partition coefficient (Wildman–Crippen LogP) is 1.68. The zero-order valence-corrected chi connectivity index (χ0v) is 25.2. The van der Waals surface area contributed by atoms with E-state index in [1.807, 2.05) is 71.5 Å². The first-order valence-electron chi connectivity index (χ1n) is 15.2. The van der Waals surface area contributed by atoms with Crippen LogP contribution in [0.1, 0.15) is 51.6 Å². The third-order valence-corrected chi connectivity index (χ3v) is 9.26. The van der Waals surface area contributed by atoms with Crippen LogP contribution >= 0.6 is 0 Å². The predicted molar refractivity (Wildman–Crippen MR) is 164 cm³/mol. The van der Waals surface area contributed by atoms with Gasteiger partial charge in [-0.05, 0) is 38.8 Å². The van der Waals surface area contributed by atoms with Crippen molar-refractivity contribution >= 4 is 22.1 Å². The van der Waals surface area contributed by atoms with Gasteiger partial charge in [0.1, 0.15) is 24.1 Å². The van der Waals surface area contributed by atoms with Crippen LogP contribution in [0.3, 0.4) is 0 Å². The summed E-state index contributed by atoms with van der Waals surface area (Å²) < 4.78 is 10.1. The van der Waals surface area contributed by atoms with Gasteiger partial charge < -0.3 is 9.13 Å². The maximum Gasteiger partial charge on any atom is 0.352 e. The summed E-state index contributed by atoms with van der Waals surface area (Å²) in [6, 6.07) is 15.2. The first kappa shape index (κ1) is 27.8. The van der Waals surface area contributed by atoms with Crippen LogP contribution in [0.5, 0.6) is 0 Å². The molecule has 2 atom stereocenters. The molecule has 0 bridgehead atoms. The highest BCUT2D eigenvalue weighted by atomic mass is 16.2. The number of nitrogens with zero attached hydrogens (tertiary/aromatic N) is 8. The van der Waals surface area contributed by atoms with Crippen LogP contribution in [0.25, 0.3) is 45.1 Å². The molecule has 1 fully saturated rings. The lowest BCUT2D eigenvalue weighted by atomic mass is 9.88. The number of hydrogen-bond acceptors (Lipinski definition) is 6. The van der Waals surface area contributed by atoms with Crippen LogP contribution in [-0.4, -0.2) is 28.2 Å². The lowest BCUT2D eigenvalue weighted by Gasteiger charge is -2.37. The van der Waals surface area contributed by atoms with Gasteiger partial charge in [0, 0.05) is 26.2 Å². The summed E-state index contributed by atoms with van der Waals surface area (Å²) >= 11 is 0. The van der Waals surface area contributed by atoms with Gasteiger partial charge in [0.25, 0.3) is 0 Å². The number of rotatable bonds is 4. The van der Waals surface area contributed by atoms with Gasteiger partial charge in [-0.2, -0.15) is 19.1 Å². The van der Waals surface area contributed by atoms with E-state index in [2.05, 4.69) is 19.1 Å². The topological polar surface area (TPSA) is 122 Å². The zero-order valence-electron chi connectivity index (χ0n) is 25.2. The van der Waals surface area contributed by atoms with Crippen molar-refractivity contribution in [1.29, 1.82) is 0 Å². The molecule has 0 radical (unpaired) electrons. The number of benzene rings is 2. The highest BCUT2D eigenvalue weighted by molar-refractivity contribution is 5.77. The van der Waals surface area contributed by atoms with Gasteiger partial charge >= 0.3 is 33.9 Å². The van der Waals surface area contributed by atoms with Crippen molar-refractivity contribution in [2.75, 3.05) is 0 Å². The van der Waals surface area contributed by atoms with Gasteiger partial charge in [0.05, 0.1) is 12.1 Å². The molecule has 4 aliphatic heterocycles. The molecule has 0 amide bonds. The van der Waals surface area contributed by atoms with E-state index in [-0.39, 0.29) is 12.1 Å². The first-order valence-corrected chi connectivity index (χ1v) is 15.2. The molecule has 0 saturated heterocycles. The fourth-order valence-electron chi connectivity index (χ4n) is 7.21. The Morgan fingerprint density at radius 1 is 0.659 bits per heavy atom. The Bertz CT molecular complexity index is 2130.